The first-order valence-corrected chi connectivity index (χ1v) is 5.97. The Bertz CT molecular complexity index is 415. The van der Waals surface area contributed by atoms with Gasteiger partial charge >= 0.3 is 12.1 Å². The Morgan fingerprint density at radius 3 is 2.83 bits per heavy atom. The SMILES string of the molecule is CCN(C(N)=O)C1(N2CCOC2=O)C=CC=CC1. The van der Waals surface area contributed by atoms with Crippen LogP contribution in [0.5, 0.6) is 0 Å². The predicted octanol–water partition coefficient (Wildman–Crippen LogP) is 1.05. The van der Waals surface area contributed by atoms with Crippen molar-refractivity contribution < 1.29 is 14.3 Å². The number of hydrogen-bond donors (Lipinski definition) is 1. The van der Waals surface area contributed by atoms with Crippen LogP contribution in [0.15, 0.2) is 24.3 Å². The Kier molecular flexibility index (Phi) is 3.27. The van der Waals surface area contributed by atoms with Gasteiger partial charge in [0.05, 0.1) is 6.54 Å². The summed E-state index contributed by atoms with van der Waals surface area (Å²) in [5, 5.41) is 0. The molecule has 98 valence electrons. The quantitative estimate of drug-likeness (QED) is 0.814. The molecule has 1 saturated heterocycles. The summed E-state index contributed by atoms with van der Waals surface area (Å²) in [5.74, 6) is 0. The van der Waals surface area contributed by atoms with Crippen molar-refractivity contribution in [3.8, 4) is 0 Å². The largest absolute Gasteiger partial charge is 0.447 e. The van der Waals surface area contributed by atoms with E-state index in [9.17, 15) is 9.59 Å². The number of amides is 3. The second-order valence-corrected chi connectivity index (χ2v) is 4.22. The maximum Gasteiger partial charge on any atom is 0.412 e. The second kappa shape index (κ2) is 4.72. The lowest BCUT2D eigenvalue weighted by Gasteiger charge is -2.45. The standard InChI is InChI=1S/C12H17N3O3/c1-2-14(10(13)16)12(6-4-3-5-7-12)15-8-9-18-11(15)17/h3-6H,2,7-9H2,1H3,(H2,13,16). The van der Waals surface area contributed by atoms with E-state index in [0.717, 1.165) is 0 Å². The third-order valence-corrected chi connectivity index (χ3v) is 3.31. The van der Waals surface area contributed by atoms with E-state index in [1.807, 2.05) is 31.2 Å². The lowest BCUT2D eigenvalue weighted by molar-refractivity contribution is 0.0426. The molecule has 1 aliphatic carbocycles. The van der Waals surface area contributed by atoms with Crippen molar-refractivity contribution in [1.29, 1.82) is 0 Å². The number of carbonyl (C=O) groups is 2. The maximum atomic E-state index is 11.8. The van der Waals surface area contributed by atoms with Gasteiger partial charge in [0.15, 0.2) is 0 Å². The Labute approximate surface area is 106 Å². The molecule has 0 saturated carbocycles. The smallest absolute Gasteiger partial charge is 0.412 e. The summed E-state index contributed by atoms with van der Waals surface area (Å²) in [5.41, 5.74) is 4.60. The maximum absolute atomic E-state index is 11.8. The Morgan fingerprint density at radius 1 is 1.61 bits per heavy atom. The number of primary amides is 1. The zero-order chi connectivity index (χ0) is 13.2. The van der Waals surface area contributed by atoms with Crippen LogP contribution in [0.2, 0.25) is 0 Å². The van der Waals surface area contributed by atoms with E-state index in [2.05, 4.69) is 0 Å². The lowest BCUT2D eigenvalue weighted by Crippen LogP contribution is -2.63. The summed E-state index contributed by atoms with van der Waals surface area (Å²) in [6, 6.07) is -0.544. The molecule has 2 N–H and O–H groups in total. The molecule has 1 aliphatic heterocycles. The van der Waals surface area contributed by atoms with Gasteiger partial charge in [-0.15, -0.1) is 0 Å². The van der Waals surface area contributed by atoms with Gasteiger partial charge in [-0.3, -0.25) is 9.80 Å². The molecule has 1 fully saturated rings. The topological polar surface area (TPSA) is 75.9 Å². The number of carbonyl (C=O) groups excluding carboxylic acids is 2. The Balaban J connectivity index is 2.40. The highest BCUT2D eigenvalue weighted by Gasteiger charge is 2.46. The van der Waals surface area contributed by atoms with Crippen molar-refractivity contribution in [2.45, 2.75) is 19.0 Å². The molecule has 18 heavy (non-hydrogen) atoms. The van der Waals surface area contributed by atoms with Crippen LogP contribution in [-0.4, -0.2) is 47.3 Å². The van der Waals surface area contributed by atoms with Crippen LogP contribution in [0.1, 0.15) is 13.3 Å². The summed E-state index contributed by atoms with van der Waals surface area (Å²) in [6.45, 7) is 3.06. The molecular weight excluding hydrogens is 234 g/mol. The van der Waals surface area contributed by atoms with Crippen molar-refractivity contribution in [1.82, 2.24) is 9.80 Å². The molecule has 0 spiro atoms. The molecular formula is C12H17N3O3. The number of cyclic esters (lactones) is 1. The molecule has 1 heterocycles. The van der Waals surface area contributed by atoms with Gasteiger partial charge in [0, 0.05) is 13.0 Å². The lowest BCUT2D eigenvalue weighted by atomic mass is 9.97. The Hall–Kier alpha value is -1.98. The van der Waals surface area contributed by atoms with Gasteiger partial charge in [0.1, 0.15) is 12.3 Å². The molecule has 0 aromatic heterocycles. The van der Waals surface area contributed by atoms with Gasteiger partial charge in [0.2, 0.25) is 0 Å². The summed E-state index contributed by atoms with van der Waals surface area (Å²) < 4.78 is 4.97. The van der Waals surface area contributed by atoms with Gasteiger partial charge < -0.3 is 10.5 Å². The summed E-state index contributed by atoms with van der Waals surface area (Å²) in [7, 11) is 0. The van der Waals surface area contributed by atoms with E-state index >= 15 is 0 Å². The van der Waals surface area contributed by atoms with Crippen molar-refractivity contribution in [3.63, 3.8) is 0 Å². The van der Waals surface area contributed by atoms with Crippen molar-refractivity contribution in [2.24, 2.45) is 5.73 Å². The number of allylic oxidation sites excluding steroid dienone is 2. The number of rotatable bonds is 3. The second-order valence-electron chi connectivity index (χ2n) is 4.22. The molecule has 1 unspecified atom stereocenters. The summed E-state index contributed by atoms with van der Waals surface area (Å²) in [4.78, 5) is 26.4. The van der Waals surface area contributed by atoms with E-state index in [1.54, 1.807) is 4.90 Å². The highest BCUT2D eigenvalue weighted by molar-refractivity contribution is 5.76. The van der Waals surface area contributed by atoms with E-state index in [-0.39, 0.29) is 0 Å². The molecule has 0 radical (unpaired) electrons. The fourth-order valence-electron chi connectivity index (χ4n) is 2.51. The molecule has 1 atom stereocenters. The van der Waals surface area contributed by atoms with Crippen LogP contribution in [-0.2, 0) is 4.74 Å². The fraction of sp³-hybridized carbons (Fsp3) is 0.500. The van der Waals surface area contributed by atoms with Crippen LogP contribution < -0.4 is 5.73 Å². The molecule has 6 heteroatoms. The van der Waals surface area contributed by atoms with Crippen molar-refractivity contribution in [3.05, 3.63) is 24.3 Å². The van der Waals surface area contributed by atoms with Crippen LogP contribution >= 0.6 is 0 Å². The minimum absolute atomic E-state index is 0.342. The molecule has 2 aliphatic rings. The van der Waals surface area contributed by atoms with E-state index in [4.69, 9.17) is 10.5 Å². The van der Waals surface area contributed by atoms with Crippen molar-refractivity contribution in [2.75, 3.05) is 19.7 Å². The minimum Gasteiger partial charge on any atom is -0.447 e. The zero-order valence-corrected chi connectivity index (χ0v) is 10.3. The van der Waals surface area contributed by atoms with Crippen molar-refractivity contribution >= 4 is 12.1 Å². The third kappa shape index (κ3) is 1.83. The zero-order valence-electron chi connectivity index (χ0n) is 10.3. The first-order chi connectivity index (χ1) is 8.62. The van der Waals surface area contributed by atoms with Gasteiger partial charge in [0.25, 0.3) is 0 Å². The number of urea groups is 1. The van der Waals surface area contributed by atoms with Gasteiger partial charge in [-0.05, 0) is 13.0 Å². The highest BCUT2D eigenvalue weighted by atomic mass is 16.6. The molecule has 6 nitrogen and oxygen atoms in total. The number of nitrogens with zero attached hydrogens (tertiary/aromatic N) is 2. The number of ether oxygens (including phenoxy) is 1. The summed E-state index contributed by atoms with van der Waals surface area (Å²) in [6.07, 6.45) is 7.56. The fourth-order valence-corrected chi connectivity index (χ4v) is 2.51. The number of hydrogen-bond acceptors (Lipinski definition) is 3. The summed E-state index contributed by atoms with van der Waals surface area (Å²) >= 11 is 0. The number of nitrogens with two attached hydrogens (primary N) is 1. The first kappa shape index (κ1) is 12.5. The average molecular weight is 251 g/mol. The van der Waals surface area contributed by atoms with E-state index < -0.39 is 17.8 Å². The van der Waals surface area contributed by atoms with E-state index in [0.29, 0.717) is 26.1 Å². The van der Waals surface area contributed by atoms with Gasteiger partial charge in [-0.25, -0.2) is 9.59 Å². The Morgan fingerprint density at radius 2 is 2.39 bits per heavy atom. The average Bonchev–Trinajstić information content (AvgIpc) is 2.77. The van der Waals surface area contributed by atoms with Crippen LogP contribution in [0.4, 0.5) is 9.59 Å². The van der Waals surface area contributed by atoms with Crippen LogP contribution in [0.25, 0.3) is 0 Å². The normalized spacial score (nSPS) is 26.3. The third-order valence-electron chi connectivity index (χ3n) is 3.31. The van der Waals surface area contributed by atoms with Gasteiger partial charge in [-0.2, -0.15) is 0 Å². The van der Waals surface area contributed by atoms with Gasteiger partial charge in [-0.1, -0.05) is 18.2 Å². The molecule has 3 amide bonds. The minimum atomic E-state index is -0.830. The first-order valence-electron chi connectivity index (χ1n) is 5.97. The predicted molar refractivity (Wildman–Crippen MR) is 65.6 cm³/mol. The molecule has 0 aromatic rings. The highest BCUT2D eigenvalue weighted by Crippen LogP contribution is 2.32. The van der Waals surface area contributed by atoms with E-state index in [1.165, 1.54) is 4.90 Å². The molecule has 0 aromatic carbocycles. The molecule has 2 rings (SSSR count). The monoisotopic (exact) mass is 251 g/mol. The van der Waals surface area contributed by atoms with Crippen LogP contribution in [0.3, 0.4) is 0 Å². The van der Waals surface area contributed by atoms with Crippen LogP contribution in [0, 0.1) is 0 Å². The number of likely N-dealkylation sites (N-methyl/N-ethyl adjacent to an activating group) is 1. The molecule has 0 bridgehead atoms.